The molecular weight excluding hydrogens is 112 g/mol. The van der Waals surface area contributed by atoms with Crippen molar-refractivity contribution in [3.8, 4) is 0 Å². The van der Waals surface area contributed by atoms with Gasteiger partial charge in [-0.05, 0) is 0 Å². The number of amidine groups is 1. The van der Waals surface area contributed by atoms with Gasteiger partial charge in [-0.2, -0.15) is 0 Å². The topological polar surface area (TPSA) is 66.9 Å². The average Bonchev–Trinajstić information content (AvgIpc) is 1.65. The molecule has 3 nitrogen and oxygen atoms in total. The van der Waals surface area contributed by atoms with Crippen LogP contribution in [0.1, 0.15) is 6.92 Å². The minimum absolute atomic E-state index is 0.234. The predicted molar refractivity (Wildman–Crippen MR) is 30.6 cm³/mol. The molecule has 0 aliphatic heterocycles. The molecule has 0 aromatic carbocycles. The lowest BCUT2D eigenvalue weighted by molar-refractivity contribution is 0.690. The van der Waals surface area contributed by atoms with E-state index >= 15 is 0 Å². The first-order chi connectivity index (χ1) is 3.18. The van der Waals surface area contributed by atoms with Crippen LogP contribution >= 0.6 is 0 Å². The summed E-state index contributed by atoms with van der Waals surface area (Å²) in [5.41, 5.74) is 4.83. The second-order valence-corrected chi connectivity index (χ2v) is 2.71. The molecule has 3 N–H and O–H groups in total. The zero-order chi connectivity index (χ0) is 5.86. The third-order valence-corrected chi connectivity index (χ3v) is 1.52. The van der Waals surface area contributed by atoms with E-state index in [1.807, 2.05) is 0 Å². The van der Waals surface area contributed by atoms with Gasteiger partial charge in [-0.25, -0.2) is 0 Å². The van der Waals surface area contributed by atoms with Crippen LogP contribution in [0.5, 0.6) is 0 Å². The lowest BCUT2D eigenvalue weighted by Crippen LogP contribution is -2.17. The Morgan fingerprint density at radius 1 is 2.00 bits per heavy atom. The van der Waals surface area contributed by atoms with E-state index in [2.05, 4.69) is 0 Å². The molecular formula is C3H8N2OS. The largest absolute Gasteiger partial charge is 0.377 e. The summed E-state index contributed by atoms with van der Waals surface area (Å²) >= 11 is 0. The Bertz CT molecular complexity index is 101. The van der Waals surface area contributed by atoms with E-state index in [0.717, 1.165) is 0 Å². The summed E-state index contributed by atoms with van der Waals surface area (Å²) in [5, 5.41) is 6.34. The number of hydrogen-bond acceptors (Lipinski definition) is 2. The summed E-state index contributed by atoms with van der Waals surface area (Å²) in [4.78, 5) is 0. The van der Waals surface area contributed by atoms with Crippen LogP contribution in [0.25, 0.3) is 0 Å². The molecule has 0 radical (unpaired) electrons. The van der Waals surface area contributed by atoms with Crippen LogP contribution < -0.4 is 5.73 Å². The number of nitrogens with two attached hydrogens (primary N) is 1. The average molecular weight is 120 g/mol. The smallest absolute Gasteiger partial charge is 0.182 e. The number of rotatable bonds is 1. The van der Waals surface area contributed by atoms with Gasteiger partial charge in [0.2, 0.25) is 0 Å². The maximum Gasteiger partial charge on any atom is 0.182 e. The van der Waals surface area contributed by atoms with Crippen molar-refractivity contribution in [2.45, 2.75) is 6.92 Å². The molecule has 7 heavy (non-hydrogen) atoms. The zero-order valence-electron chi connectivity index (χ0n) is 4.10. The fourth-order valence-electron chi connectivity index (χ4n) is 0.156. The Morgan fingerprint density at radius 3 is 2.43 bits per heavy atom. The summed E-state index contributed by atoms with van der Waals surface area (Å²) in [6.07, 6.45) is 0. The summed E-state index contributed by atoms with van der Waals surface area (Å²) in [6, 6.07) is 0. The monoisotopic (exact) mass is 120 g/mol. The normalized spacial score (nSPS) is 13.3. The summed E-state index contributed by atoms with van der Waals surface area (Å²) < 4.78 is 10.3. The Labute approximate surface area is 44.9 Å². The van der Waals surface area contributed by atoms with Crippen LogP contribution in [0, 0.1) is 5.41 Å². The Kier molecular flexibility index (Phi) is 2.59. The number of hydrogen-bond donors (Lipinski definition) is 2. The Morgan fingerprint density at radius 2 is 2.43 bits per heavy atom. The molecule has 0 aromatic rings. The first kappa shape index (κ1) is 6.62. The van der Waals surface area contributed by atoms with Crippen LogP contribution in [0.4, 0.5) is 0 Å². The van der Waals surface area contributed by atoms with Crippen LogP contribution in [0.15, 0.2) is 0 Å². The Hall–Kier alpha value is -0.380. The first-order valence-corrected chi connectivity index (χ1v) is 3.22. The molecule has 0 heterocycles. The van der Waals surface area contributed by atoms with Gasteiger partial charge in [0.15, 0.2) is 5.17 Å². The van der Waals surface area contributed by atoms with E-state index in [4.69, 9.17) is 11.1 Å². The minimum Gasteiger partial charge on any atom is -0.377 e. The summed E-state index contributed by atoms with van der Waals surface area (Å²) in [5.74, 6) is 0.440. The van der Waals surface area contributed by atoms with Gasteiger partial charge >= 0.3 is 0 Å². The highest BCUT2D eigenvalue weighted by Gasteiger charge is 1.94. The first-order valence-electron chi connectivity index (χ1n) is 1.91. The molecule has 0 fully saturated rings. The van der Waals surface area contributed by atoms with Gasteiger partial charge in [0.1, 0.15) is 0 Å². The quantitative estimate of drug-likeness (QED) is 0.367. The van der Waals surface area contributed by atoms with E-state index in [1.165, 1.54) is 0 Å². The third kappa shape index (κ3) is 2.33. The molecule has 0 bridgehead atoms. The molecule has 1 unspecified atom stereocenters. The van der Waals surface area contributed by atoms with Crippen LogP contribution in [0.2, 0.25) is 0 Å². The van der Waals surface area contributed by atoms with E-state index in [-0.39, 0.29) is 5.17 Å². The molecule has 42 valence electrons. The summed E-state index contributed by atoms with van der Waals surface area (Å²) in [6.45, 7) is 1.72. The minimum atomic E-state index is -1.22. The van der Waals surface area contributed by atoms with Gasteiger partial charge in [-0.15, -0.1) is 0 Å². The highest BCUT2D eigenvalue weighted by atomic mass is 32.2. The molecule has 0 rings (SSSR count). The molecule has 0 aromatic heterocycles. The highest BCUT2D eigenvalue weighted by Crippen LogP contribution is 1.74. The van der Waals surface area contributed by atoms with Crippen LogP contribution in [-0.2, 0) is 10.8 Å². The van der Waals surface area contributed by atoms with Gasteiger partial charge in [-0.3, -0.25) is 9.62 Å². The highest BCUT2D eigenvalue weighted by molar-refractivity contribution is 8.00. The molecule has 0 amide bonds. The van der Waals surface area contributed by atoms with E-state index in [1.54, 1.807) is 6.92 Å². The van der Waals surface area contributed by atoms with Gasteiger partial charge < -0.3 is 5.73 Å². The SMILES string of the molecule is CCS(=O)C(=N)N. The maximum absolute atomic E-state index is 10.3. The van der Waals surface area contributed by atoms with Crippen molar-refractivity contribution in [1.82, 2.24) is 0 Å². The van der Waals surface area contributed by atoms with Crippen molar-refractivity contribution < 1.29 is 4.21 Å². The van der Waals surface area contributed by atoms with E-state index in [9.17, 15) is 4.21 Å². The molecule has 0 aliphatic rings. The van der Waals surface area contributed by atoms with Crippen molar-refractivity contribution in [1.29, 1.82) is 5.41 Å². The van der Waals surface area contributed by atoms with Gasteiger partial charge in [0.25, 0.3) is 0 Å². The van der Waals surface area contributed by atoms with Gasteiger partial charge in [0, 0.05) is 5.75 Å². The molecule has 0 saturated carbocycles. The zero-order valence-corrected chi connectivity index (χ0v) is 4.92. The van der Waals surface area contributed by atoms with Crippen molar-refractivity contribution in [2.75, 3.05) is 5.75 Å². The van der Waals surface area contributed by atoms with Crippen molar-refractivity contribution in [2.24, 2.45) is 5.73 Å². The molecule has 0 spiro atoms. The molecule has 4 heteroatoms. The lowest BCUT2D eigenvalue weighted by atomic mass is 11.0. The van der Waals surface area contributed by atoms with E-state index < -0.39 is 10.8 Å². The fraction of sp³-hybridized carbons (Fsp3) is 0.667. The van der Waals surface area contributed by atoms with Gasteiger partial charge in [-0.1, -0.05) is 6.92 Å². The molecule has 0 aliphatic carbocycles. The Balaban J connectivity index is 3.58. The van der Waals surface area contributed by atoms with Crippen molar-refractivity contribution >= 4 is 16.0 Å². The van der Waals surface area contributed by atoms with Gasteiger partial charge in [0.05, 0.1) is 10.8 Å². The fourth-order valence-corrected chi connectivity index (χ4v) is 0.467. The second-order valence-electron chi connectivity index (χ2n) is 0.998. The third-order valence-electron chi connectivity index (χ3n) is 0.507. The standard InChI is InChI=1S/C3H8N2OS/c1-2-7(6)3(4)5/h2H2,1H3,(H3,4,5). The van der Waals surface area contributed by atoms with Crippen molar-refractivity contribution in [3.05, 3.63) is 0 Å². The summed E-state index contributed by atoms with van der Waals surface area (Å²) in [7, 11) is -1.22. The number of nitrogens with one attached hydrogen (secondary N) is 1. The predicted octanol–water partition coefficient (Wildman–Crippen LogP) is -0.352. The molecule has 0 saturated heterocycles. The second kappa shape index (κ2) is 2.74. The lowest BCUT2D eigenvalue weighted by Gasteiger charge is -1.88. The van der Waals surface area contributed by atoms with E-state index in [0.29, 0.717) is 5.75 Å². The van der Waals surface area contributed by atoms with Crippen LogP contribution in [0.3, 0.4) is 0 Å². The molecule has 1 atom stereocenters. The van der Waals surface area contributed by atoms with Crippen molar-refractivity contribution in [3.63, 3.8) is 0 Å². The maximum atomic E-state index is 10.3. The van der Waals surface area contributed by atoms with Crippen LogP contribution in [-0.4, -0.2) is 15.1 Å².